The number of nitrogens with zero attached hydrogens (tertiary/aromatic N) is 2. The Balaban J connectivity index is 2.44. The summed E-state index contributed by atoms with van der Waals surface area (Å²) in [5.74, 6) is -0.907. The zero-order valence-electron chi connectivity index (χ0n) is 12.6. The van der Waals surface area contributed by atoms with Gasteiger partial charge in [-0.3, -0.25) is 9.69 Å². The number of aliphatic carboxylic acids is 1. The van der Waals surface area contributed by atoms with Crippen molar-refractivity contribution in [3.05, 3.63) is 0 Å². The summed E-state index contributed by atoms with van der Waals surface area (Å²) < 4.78 is 0. The summed E-state index contributed by atoms with van der Waals surface area (Å²) in [5, 5.41) is 9.01. The Morgan fingerprint density at radius 1 is 1.47 bits per heavy atom. The van der Waals surface area contributed by atoms with Gasteiger partial charge in [-0.05, 0) is 59.3 Å². The molecule has 5 nitrogen and oxygen atoms in total. The van der Waals surface area contributed by atoms with Gasteiger partial charge in [0.05, 0.1) is 0 Å². The van der Waals surface area contributed by atoms with Gasteiger partial charge in [-0.15, -0.1) is 0 Å². The third kappa shape index (κ3) is 5.09. The van der Waals surface area contributed by atoms with Crippen molar-refractivity contribution >= 4 is 5.97 Å². The Morgan fingerprint density at radius 2 is 2.16 bits per heavy atom. The zero-order valence-corrected chi connectivity index (χ0v) is 12.6. The lowest BCUT2D eigenvalue weighted by Gasteiger charge is -2.31. The Labute approximate surface area is 116 Å². The standard InChI is InChI=1S/C14H29N3O2/c1-4-12-11-16(3)8-6-10-17(12)9-5-7-14(2,15)13(18)19/h12H,4-11,15H2,1-3H3,(H,18,19). The van der Waals surface area contributed by atoms with Gasteiger partial charge in [0.25, 0.3) is 0 Å². The van der Waals surface area contributed by atoms with E-state index in [1.807, 2.05) is 0 Å². The minimum Gasteiger partial charge on any atom is -0.480 e. The summed E-state index contributed by atoms with van der Waals surface area (Å²) in [6, 6.07) is 0.585. The van der Waals surface area contributed by atoms with Crippen LogP contribution in [-0.4, -0.2) is 65.7 Å². The van der Waals surface area contributed by atoms with Gasteiger partial charge in [0.2, 0.25) is 0 Å². The molecule has 1 aliphatic rings. The molecule has 0 aliphatic carbocycles. The monoisotopic (exact) mass is 271 g/mol. The van der Waals surface area contributed by atoms with E-state index in [4.69, 9.17) is 10.8 Å². The largest absolute Gasteiger partial charge is 0.480 e. The molecular weight excluding hydrogens is 242 g/mol. The molecule has 5 heteroatoms. The molecule has 0 aromatic carbocycles. The Hall–Kier alpha value is -0.650. The first-order valence-corrected chi connectivity index (χ1v) is 7.31. The number of hydrogen-bond donors (Lipinski definition) is 2. The minimum absolute atomic E-state index is 0.533. The van der Waals surface area contributed by atoms with Gasteiger partial charge in [-0.25, -0.2) is 0 Å². The molecule has 1 heterocycles. The molecule has 0 saturated carbocycles. The van der Waals surface area contributed by atoms with E-state index in [-0.39, 0.29) is 0 Å². The lowest BCUT2D eigenvalue weighted by Crippen LogP contribution is -2.46. The van der Waals surface area contributed by atoms with Gasteiger partial charge in [0.1, 0.15) is 5.54 Å². The molecule has 2 unspecified atom stereocenters. The van der Waals surface area contributed by atoms with Gasteiger partial charge in [0.15, 0.2) is 0 Å². The minimum atomic E-state index is -1.09. The summed E-state index contributed by atoms with van der Waals surface area (Å²) in [7, 11) is 2.17. The van der Waals surface area contributed by atoms with Gasteiger partial charge in [0, 0.05) is 12.6 Å². The highest BCUT2D eigenvalue weighted by Crippen LogP contribution is 2.15. The van der Waals surface area contributed by atoms with Crippen LogP contribution in [0.1, 0.15) is 39.5 Å². The molecule has 1 rings (SSSR count). The van der Waals surface area contributed by atoms with E-state index in [1.54, 1.807) is 6.92 Å². The van der Waals surface area contributed by atoms with Crippen LogP contribution >= 0.6 is 0 Å². The van der Waals surface area contributed by atoms with Crippen molar-refractivity contribution in [2.24, 2.45) is 5.73 Å². The van der Waals surface area contributed by atoms with Crippen LogP contribution in [0.4, 0.5) is 0 Å². The first-order valence-electron chi connectivity index (χ1n) is 7.31. The van der Waals surface area contributed by atoms with Gasteiger partial charge in [-0.2, -0.15) is 0 Å². The molecule has 0 aromatic heterocycles. The number of nitrogens with two attached hydrogens (primary N) is 1. The number of likely N-dealkylation sites (N-methyl/N-ethyl adjacent to an activating group) is 1. The third-order valence-electron chi connectivity index (χ3n) is 4.13. The summed E-state index contributed by atoms with van der Waals surface area (Å²) in [4.78, 5) is 15.9. The molecular formula is C14H29N3O2. The Kier molecular flexibility index (Phi) is 6.23. The molecule has 2 atom stereocenters. The lowest BCUT2D eigenvalue weighted by molar-refractivity contribution is -0.143. The van der Waals surface area contributed by atoms with E-state index in [1.165, 1.54) is 6.42 Å². The highest BCUT2D eigenvalue weighted by atomic mass is 16.4. The maximum absolute atomic E-state index is 11.0. The number of carboxylic acid groups (broad SMARTS) is 1. The molecule has 112 valence electrons. The maximum atomic E-state index is 11.0. The summed E-state index contributed by atoms with van der Waals surface area (Å²) in [5.41, 5.74) is 4.68. The van der Waals surface area contributed by atoms with Crippen molar-refractivity contribution in [2.45, 2.75) is 51.1 Å². The van der Waals surface area contributed by atoms with E-state index < -0.39 is 11.5 Å². The second-order valence-corrected chi connectivity index (χ2v) is 6.04. The second kappa shape index (κ2) is 7.22. The predicted octanol–water partition coefficient (Wildman–Crippen LogP) is 0.985. The average molecular weight is 271 g/mol. The number of carboxylic acids is 1. The van der Waals surface area contributed by atoms with Crippen molar-refractivity contribution in [1.29, 1.82) is 0 Å². The average Bonchev–Trinajstić information content (AvgIpc) is 2.50. The fourth-order valence-corrected chi connectivity index (χ4v) is 2.73. The molecule has 19 heavy (non-hydrogen) atoms. The highest BCUT2D eigenvalue weighted by Gasteiger charge is 2.28. The van der Waals surface area contributed by atoms with Crippen LogP contribution in [-0.2, 0) is 4.79 Å². The van der Waals surface area contributed by atoms with Crippen LogP contribution in [0.15, 0.2) is 0 Å². The highest BCUT2D eigenvalue weighted by molar-refractivity contribution is 5.77. The van der Waals surface area contributed by atoms with Crippen LogP contribution in [0.3, 0.4) is 0 Å². The molecule has 1 saturated heterocycles. The molecule has 1 fully saturated rings. The number of hydrogen-bond acceptors (Lipinski definition) is 4. The van der Waals surface area contributed by atoms with Crippen molar-refractivity contribution in [3.63, 3.8) is 0 Å². The first-order chi connectivity index (χ1) is 8.86. The van der Waals surface area contributed by atoms with Crippen LogP contribution in [0.2, 0.25) is 0 Å². The zero-order chi connectivity index (χ0) is 14.5. The Bertz CT molecular complexity index is 294. The van der Waals surface area contributed by atoms with Crippen molar-refractivity contribution in [3.8, 4) is 0 Å². The van der Waals surface area contributed by atoms with Crippen molar-refractivity contribution in [1.82, 2.24) is 9.80 Å². The van der Waals surface area contributed by atoms with E-state index in [0.29, 0.717) is 12.5 Å². The summed E-state index contributed by atoms with van der Waals surface area (Å²) in [6.45, 7) is 8.14. The Morgan fingerprint density at radius 3 is 2.74 bits per heavy atom. The summed E-state index contributed by atoms with van der Waals surface area (Å²) in [6.07, 6.45) is 3.71. The molecule has 1 aliphatic heterocycles. The molecule has 0 spiro atoms. The fourth-order valence-electron chi connectivity index (χ4n) is 2.73. The van der Waals surface area contributed by atoms with Gasteiger partial charge < -0.3 is 15.7 Å². The fraction of sp³-hybridized carbons (Fsp3) is 0.929. The molecule has 0 aromatic rings. The maximum Gasteiger partial charge on any atom is 0.323 e. The second-order valence-electron chi connectivity index (χ2n) is 6.04. The smallest absolute Gasteiger partial charge is 0.323 e. The first kappa shape index (κ1) is 16.4. The molecule has 0 bridgehead atoms. The van der Waals surface area contributed by atoms with E-state index >= 15 is 0 Å². The van der Waals surface area contributed by atoms with Crippen molar-refractivity contribution < 1.29 is 9.90 Å². The topological polar surface area (TPSA) is 69.8 Å². The van der Waals surface area contributed by atoms with Crippen LogP contribution in [0.5, 0.6) is 0 Å². The van der Waals surface area contributed by atoms with Crippen molar-refractivity contribution in [2.75, 3.05) is 33.2 Å². The van der Waals surface area contributed by atoms with Crippen LogP contribution < -0.4 is 5.73 Å². The molecule has 3 N–H and O–H groups in total. The SMILES string of the molecule is CCC1CN(C)CCCN1CCCC(C)(N)C(=O)O. The quantitative estimate of drug-likeness (QED) is 0.754. The summed E-state index contributed by atoms with van der Waals surface area (Å²) >= 11 is 0. The van der Waals surface area contributed by atoms with E-state index in [2.05, 4.69) is 23.8 Å². The van der Waals surface area contributed by atoms with Crippen LogP contribution in [0.25, 0.3) is 0 Å². The van der Waals surface area contributed by atoms with Gasteiger partial charge >= 0.3 is 5.97 Å². The van der Waals surface area contributed by atoms with E-state index in [0.717, 1.165) is 39.0 Å². The van der Waals surface area contributed by atoms with Crippen LogP contribution in [0, 0.1) is 0 Å². The molecule has 0 radical (unpaired) electrons. The van der Waals surface area contributed by atoms with Gasteiger partial charge in [-0.1, -0.05) is 6.92 Å². The van der Waals surface area contributed by atoms with E-state index in [9.17, 15) is 4.79 Å². The normalized spacial score (nSPS) is 25.8. The number of rotatable bonds is 6. The predicted molar refractivity (Wildman–Crippen MR) is 77.2 cm³/mol. The third-order valence-corrected chi connectivity index (χ3v) is 4.13. The lowest BCUT2D eigenvalue weighted by atomic mass is 9.97. The number of carbonyl (C=O) groups is 1. The molecule has 0 amide bonds.